The van der Waals surface area contributed by atoms with Crippen molar-refractivity contribution in [3.05, 3.63) is 42.8 Å². The fourth-order valence-corrected chi connectivity index (χ4v) is 0.581. The van der Waals surface area contributed by atoms with Gasteiger partial charge in [0, 0.05) is 0 Å². The number of carbonyl (C=O) groups is 1. The van der Waals surface area contributed by atoms with E-state index < -0.39 is 5.97 Å². The molecule has 12 heavy (non-hydrogen) atoms. The van der Waals surface area contributed by atoms with Crippen molar-refractivity contribution in [1.82, 2.24) is 0 Å². The first-order valence-corrected chi connectivity index (χ1v) is 3.30. The number of benzene rings is 1. The molecule has 0 radical (unpaired) electrons. The fraction of sp³-hybridized carbons (Fsp3) is 0.111. The average molecular weight is 158 g/mol. The van der Waals surface area contributed by atoms with Gasteiger partial charge in [-0.2, -0.15) is 6.92 Å². The molecule has 1 rings (SSSR count). The van der Waals surface area contributed by atoms with Crippen LogP contribution in [0.3, 0.4) is 0 Å². The molecule has 0 atom stereocenters. The van der Waals surface area contributed by atoms with Crippen LogP contribution in [0.5, 0.6) is 0 Å². The summed E-state index contributed by atoms with van der Waals surface area (Å²) in [5.74, 6) is -0.879. The Hall–Kier alpha value is -0.713. The molecule has 0 aliphatic rings. The molecule has 1 aromatic rings. The third kappa shape index (κ3) is 5.01. The van der Waals surface area contributed by atoms with Gasteiger partial charge in [0.15, 0.2) is 0 Å². The Morgan fingerprint density at radius 2 is 1.67 bits per heavy atom. The summed E-state index contributed by atoms with van der Waals surface area (Å²) in [6.07, 6.45) is 0. The molecule has 60 valence electrons. The van der Waals surface area contributed by atoms with Crippen LogP contribution in [0, 0.1) is 6.92 Å². The molecule has 1 aromatic carbocycles. The minimum atomic E-state index is -0.879. The number of hydrogen-bond donors (Lipinski definition) is 1. The average Bonchev–Trinajstić information content (AvgIpc) is 2.10. The molecule has 1 N–H and O–H groups in total. The quantitative estimate of drug-likeness (QED) is 0.430. The molecule has 0 unspecified atom stereocenters. The van der Waals surface area contributed by atoms with Crippen LogP contribution in [-0.2, 0) is 0 Å². The van der Waals surface area contributed by atoms with Crippen molar-refractivity contribution in [1.29, 1.82) is 0 Å². The summed E-state index contributed by atoms with van der Waals surface area (Å²) in [5, 5.41) is 8.38. The van der Waals surface area contributed by atoms with E-state index in [0.29, 0.717) is 5.56 Å². The summed E-state index contributed by atoms with van der Waals surface area (Å²) in [7, 11) is 0. The van der Waals surface area contributed by atoms with Gasteiger partial charge in [-0.1, -0.05) is 18.2 Å². The summed E-state index contributed by atoms with van der Waals surface area (Å²) < 4.78 is 0. The second-order valence-electron chi connectivity index (χ2n) is 1.67. The summed E-state index contributed by atoms with van der Waals surface area (Å²) in [4.78, 5) is 10.2. The van der Waals surface area contributed by atoms with Crippen LogP contribution < -0.4 is 18.9 Å². The molecule has 0 saturated carbocycles. The predicted octanol–water partition coefficient (Wildman–Crippen LogP) is -0.771. The Morgan fingerprint density at radius 1 is 1.25 bits per heavy atom. The summed E-state index contributed by atoms with van der Waals surface area (Å²) in [6, 6.07) is 8.30. The Bertz CT molecular complexity index is 209. The Morgan fingerprint density at radius 3 is 1.92 bits per heavy atom. The molecular formula is C9H11LiO2. The molecule has 0 aliphatic heterocycles. The van der Waals surface area contributed by atoms with Gasteiger partial charge in [0.25, 0.3) is 0 Å². The third-order valence-corrected chi connectivity index (χ3v) is 1.02. The maximum Gasteiger partial charge on any atom is 1.00 e. The van der Waals surface area contributed by atoms with Crippen LogP contribution in [0.25, 0.3) is 0 Å². The number of aromatic carboxylic acids is 1. The molecule has 0 heterocycles. The van der Waals surface area contributed by atoms with Crippen LogP contribution in [0.15, 0.2) is 30.3 Å². The number of hydrogen-bond acceptors (Lipinski definition) is 1. The van der Waals surface area contributed by atoms with Gasteiger partial charge in [0.2, 0.25) is 0 Å². The fourth-order valence-electron chi connectivity index (χ4n) is 0.581. The molecule has 0 saturated heterocycles. The SMILES string of the molecule is O=C(O)c1ccccc1.[CH2-]C.[Li+]. The van der Waals surface area contributed by atoms with Gasteiger partial charge >= 0.3 is 24.8 Å². The van der Waals surface area contributed by atoms with E-state index in [1.54, 1.807) is 37.3 Å². The van der Waals surface area contributed by atoms with Crippen molar-refractivity contribution in [3.63, 3.8) is 0 Å². The number of carboxylic acids is 1. The van der Waals surface area contributed by atoms with E-state index in [4.69, 9.17) is 5.11 Å². The maximum absolute atomic E-state index is 10.2. The first kappa shape index (κ1) is 13.8. The molecule has 0 aromatic heterocycles. The molecule has 3 heteroatoms. The summed E-state index contributed by atoms with van der Waals surface area (Å²) >= 11 is 0. The largest absolute Gasteiger partial charge is 1.00 e. The molecule has 0 spiro atoms. The molecule has 0 aliphatic carbocycles. The van der Waals surface area contributed by atoms with Crippen molar-refractivity contribution in [2.24, 2.45) is 0 Å². The standard InChI is InChI=1S/C7H6O2.C2H5.Li/c8-7(9)6-4-2-1-3-5-6;1-2;/h1-5H,(H,8,9);1H2,2H3;/q;-1;+1. The van der Waals surface area contributed by atoms with Gasteiger partial charge in [0.1, 0.15) is 0 Å². The smallest absolute Gasteiger partial charge is 0.478 e. The van der Waals surface area contributed by atoms with Crippen LogP contribution in [-0.4, -0.2) is 11.1 Å². The Kier molecular flexibility index (Phi) is 9.68. The Balaban J connectivity index is 0. The van der Waals surface area contributed by atoms with Gasteiger partial charge in [-0.15, -0.1) is 0 Å². The molecule has 0 fully saturated rings. The number of rotatable bonds is 1. The zero-order valence-electron chi connectivity index (χ0n) is 7.45. The molecule has 0 amide bonds. The topological polar surface area (TPSA) is 37.3 Å². The van der Waals surface area contributed by atoms with E-state index >= 15 is 0 Å². The van der Waals surface area contributed by atoms with Crippen molar-refractivity contribution < 1.29 is 28.8 Å². The second-order valence-corrected chi connectivity index (χ2v) is 1.67. The van der Waals surface area contributed by atoms with E-state index in [1.165, 1.54) is 0 Å². The minimum Gasteiger partial charge on any atom is -0.478 e. The van der Waals surface area contributed by atoms with Gasteiger partial charge in [-0.25, -0.2) is 4.79 Å². The van der Waals surface area contributed by atoms with Gasteiger partial charge < -0.3 is 12.0 Å². The van der Waals surface area contributed by atoms with Crippen LogP contribution >= 0.6 is 0 Å². The van der Waals surface area contributed by atoms with E-state index in [9.17, 15) is 4.79 Å². The summed E-state index contributed by atoms with van der Waals surface area (Å²) in [6.45, 7) is 5.00. The van der Waals surface area contributed by atoms with Gasteiger partial charge in [-0.05, 0) is 12.1 Å². The van der Waals surface area contributed by atoms with Crippen molar-refractivity contribution in [2.45, 2.75) is 6.92 Å². The van der Waals surface area contributed by atoms with Crippen LogP contribution in [0.4, 0.5) is 0 Å². The zero-order chi connectivity index (χ0) is 8.69. The van der Waals surface area contributed by atoms with E-state index in [2.05, 4.69) is 6.92 Å². The normalized spacial score (nSPS) is 7.17. The molecule has 2 nitrogen and oxygen atoms in total. The minimum absolute atomic E-state index is 0. The first-order chi connectivity index (χ1) is 5.30. The van der Waals surface area contributed by atoms with Crippen molar-refractivity contribution in [2.75, 3.05) is 0 Å². The van der Waals surface area contributed by atoms with E-state index in [1.807, 2.05) is 0 Å². The maximum atomic E-state index is 10.2. The molecule has 0 bridgehead atoms. The van der Waals surface area contributed by atoms with Gasteiger partial charge in [-0.3, -0.25) is 0 Å². The molecular weight excluding hydrogens is 147 g/mol. The summed E-state index contributed by atoms with van der Waals surface area (Å²) in [5.41, 5.74) is 0.331. The van der Waals surface area contributed by atoms with Crippen molar-refractivity contribution in [3.8, 4) is 0 Å². The number of carboxylic acid groups (broad SMARTS) is 1. The Labute approximate surface area is 84.8 Å². The van der Waals surface area contributed by atoms with Gasteiger partial charge in [0.05, 0.1) is 5.56 Å². The van der Waals surface area contributed by atoms with E-state index in [-0.39, 0.29) is 18.9 Å². The first-order valence-electron chi connectivity index (χ1n) is 3.30. The second kappa shape index (κ2) is 8.38. The zero-order valence-corrected chi connectivity index (χ0v) is 7.45. The third-order valence-electron chi connectivity index (χ3n) is 1.02. The van der Waals surface area contributed by atoms with E-state index in [0.717, 1.165) is 0 Å². The van der Waals surface area contributed by atoms with Crippen LogP contribution in [0.1, 0.15) is 17.3 Å². The van der Waals surface area contributed by atoms with Crippen LogP contribution in [0.2, 0.25) is 0 Å². The monoisotopic (exact) mass is 158 g/mol. The predicted molar refractivity (Wildman–Crippen MR) is 44.4 cm³/mol. The van der Waals surface area contributed by atoms with Crippen molar-refractivity contribution >= 4 is 5.97 Å².